The van der Waals surface area contributed by atoms with Crippen molar-refractivity contribution in [1.82, 2.24) is 0 Å². The Morgan fingerprint density at radius 1 is 0.630 bits per heavy atom. The van der Waals surface area contributed by atoms with Crippen LogP contribution in [-0.2, 0) is 45.4 Å². The van der Waals surface area contributed by atoms with Crippen molar-refractivity contribution < 1.29 is 28.6 Å². The number of hydrogen-bond acceptors (Lipinski definition) is 6. The van der Waals surface area contributed by atoms with Crippen LogP contribution in [0.3, 0.4) is 0 Å². The van der Waals surface area contributed by atoms with Gasteiger partial charge in [0.15, 0.2) is 0 Å². The Labute approximate surface area is 161 Å². The molecule has 0 N–H and O–H groups in total. The van der Waals surface area contributed by atoms with Gasteiger partial charge in [0.25, 0.3) is 0 Å². The van der Waals surface area contributed by atoms with Crippen LogP contribution in [0.4, 0.5) is 0 Å². The first-order valence-corrected chi connectivity index (χ1v) is 8.83. The monoisotopic (exact) mass is 378 g/mol. The van der Waals surface area contributed by atoms with Crippen LogP contribution >= 0.6 is 0 Å². The van der Waals surface area contributed by atoms with Crippen LogP contribution in [0.15, 0.2) is 18.2 Å². The van der Waals surface area contributed by atoms with Gasteiger partial charge < -0.3 is 14.2 Å². The van der Waals surface area contributed by atoms with Crippen LogP contribution in [0.5, 0.6) is 0 Å². The van der Waals surface area contributed by atoms with Gasteiger partial charge in [-0.15, -0.1) is 0 Å². The maximum absolute atomic E-state index is 11.7. The highest BCUT2D eigenvalue weighted by Crippen LogP contribution is 2.42. The summed E-state index contributed by atoms with van der Waals surface area (Å²) in [5.74, 6) is -1.31. The molecule has 0 aliphatic carbocycles. The topological polar surface area (TPSA) is 78.9 Å². The minimum atomic E-state index is -1.05. The summed E-state index contributed by atoms with van der Waals surface area (Å²) in [6.45, 7) is 14.6. The number of hydrogen-bond donors (Lipinski definition) is 0. The summed E-state index contributed by atoms with van der Waals surface area (Å²) in [6.07, 6.45) is 0. The maximum atomic E-state index is 11.7. The molecule has 0 atom stereocenters. The van der Waals surface area contributed by atoms with E-state index in [0.29, 0.717) is 16.7 Å². The van der Waals surface area contributed by atoms with E-state index in [1.54, 1.807) is 47.6 Å². The molecule has 0 saturated carbocycles. The average molecular weight is 378 g/mol. The molecule has 1 rings (SSSR count). The van der Waals surface area contributed by atoms with Crippen LogP contribution in [-0.4, -0.2) is 17.9 Å². The molecule has 0 radical (unpaired) electrons. The fourth-order valence-corrected chi connectivity index (χ4v) is 3.44. The second-order valence-corrected chi connectivity index (χ2v) is 8.04. The first-order valence-electron chi connectivity index (χ1n) is 8.83. The van der Waals surface area contributed by atoms with Crippen LogP contribution in [0.1, 0.15) is 79.0 Å². The number of carbonyl (C=O) groups is 3. The lowest BCUT2D eigenvalue weighted by Gasteiger charge is -2.38. The number of ether oxygens (including phenoxy) is 3. The zero-order chi connectivity index (χ0) is 21.2. The van der Waals surface area contributed by atoms with Gasteiger partial charge in [0.05, 0.1) is 0 Å². The lowest BCUT2D eigenvalue weighted by molar-refractivity contribution is -0.159. The average Bonchev–Trinajstić information content (AvgIpc) is 2.42. The number of carbonyl (C=O) groups excluding carboxylic acids is 3. The van der Waals surface area contributed by atoms with Gasteiger partial charge in [0.2, 0.25) is 0 Å². The number of benzene rings is 1. The molecule has 6 nitrogen and oxygen atoms in total. The summed E-state index contributed by atoms with van der Waals surface area (Å²) in [6, 6.07) is 5.43. The van der Waals surface area contributed by atoms with E-state index in [9.17, 15) is 14.4 Å². The Morgan fingerprint density at radius 3 is 1.22 bits per heavy atom. The van der Waals surface area contributed by atoms with E-state index < -0.39 is 34.7 Å². The summed E-state index contributed by atoms with van der Waals surface area (Å²) in [7, 11) is 0. The smallest absolute Gasteiger partial charge is 0.303 e. The van der Waals surface area contributed by atoms with Gasteiger partial charge >= 0.3 is 17.9 Å². The Morgan fingerprint density at radius 2 is 0.926 bits per heavy atom. The minimum absolute atomic E-state index is 0.430. The summed E-state index contributed by atoms with van der Waals surface area (Å²) < 4.78 is 16.6. The lowest BCUT2D eigenvalue weighted by Crippen LogP contribution is -2.37. The zero-order valence-electron chi connectivity index (χ0n) is 17.7. The second-order valence-electron chi connectivity index (χ2n) is 8.04. The largest absolute Gasteiger partial charge is 0.455 e. The van der Waals surface area contributed by atoms with E-state index in [0.717, 1.165) is 0 Å². The second kappa shape index (κ2) is 7.71. The Kier molecular flexibility index (Phi) is 6.47. The number of esters is 3. The third kappa shape index (κ3) is 5.55. The fraction of sp³-hybridized carbons (Fsp3) is 0.571. The predicted molar refractivity (Wildman–Crippen MR) is 101 cm³/mol. The van der Waals surface area contributed by atoms with Crippen molar-refractivity contribution in [3.63, 3.8) is 0 Å². The first-order chi connectivity index (χ1) is 12.1. The molecule has 0 aromatic heterocycles. The van der Waals surface area contributed by atoms with Crippen LogP contribution in [0.25, 0.3) is 0 Å². The van der Waals surface area contributed by atoms with Crippen molar-refractivity contribution in [3.8, 4) is 0 Å². The molecule has 0 bridgehead atoms. The van der Waals surface area contributed by atoms with E-state index >= 15 is 0 Å². The Bertz CT molecular complexity index is 697. The molecular formula is C21H30O6. The van der Waals surface area contributed by atoms with Gasteiger partial charge in [-0.25, -0.2) is 0 Å². The molecule has 0 unspecified atom stereocenters. The molecule has 0 amide bonds. The van der Waals surface area contributed by atoms with Gasteiger partial charge in [-0.2, -0.15) is 0 Å². The maximum Gasteiger partial charge on any atom is 0.303 e. The van der Waals surface area contributed by atoms with E-state index in [2.05, 4.69) is 0 Å². The zero-order valence-corrected chi connectivity index (χ0v) is 17.7. The highest BCUT2D eigenvalue weighted by Gasteiger charge is 2.40. The van der Waals surface area contributed by atoms with Crippen LogP contribution < -0.4 is 0 Å². The quantitative estimate of drug-likeness (QED) is 0.548. The van der Waals surface area contributed by atoms with Crippen molar-refractivity contribution in [2.45, 2.75) is 79.1 Å². The third-order valence-electron chi connectivity index (χ3n) is 4.16. The van der Waals surface area contributed by atoms with Crippen molar-refractivity contribution in [2.75, 3.05) is 0 Å². The predicted octanol–water partition coefficient (Wildman–Crippen LogP) is 4.08. The van der Waals surface area contributed by atoms with E-state index in [1.165, 1.54) is 20.8 Å². The molecule has 0 spiro atoms. The van der Waals surface area contributed by atoms with Gasteiger partial charge in [-0.3, -0.25) is 14.4 Å². The molecule has 0 aliphatic rings. The SMILES string of the molecule is CC(=O)OC(C)(C)c1cccc(C(C)(C)OC(C)=O)c1C(C)(C)OC(C)=O. The minimum Gasteiger partial charge on any atom is -0.455 e. The molecule has 27 heavy (non-hydrogen) atoms. The molecule has 150 valence electrons. The summed E-state index contributed by atoms with van der Waals surface area (Å²) >= 11 is 0. The molecule has 1 aromatic carbocycles. The van der Waals surface area contributed by atoms with Crippen molar-refractivity contribution in [3.05, 3.63) is 34.9 Å². The molecule has 0 heterocycles. The highest BCUT2D eigenvalue weighted by atomic mass is 16.6. The third-order valence-corrected chi connectivity index (χ3v) is 4.16. The Hall–Kier alpha value is -2.37. The van der Waals surface area contributed by atoms with Gasteiger partial charge in [-0.1, -0.05) is 18.2 Å². The number of rotatable bonds is 6. The van der Waals surface area contributed by atoms with Gasteiger partial charge in [-0.05, 0) is 41.5 Å². The van der Waals surface area contributed by atoms with E-state index in [1.807, 2.05) is 12.1 Å². The van der Waals surface area contributed by atoms with Gasteiger partial charge in [0, 0.05) is 37.5 Å². The first kappa shape index (κ1) is 22.7. The summed E-state index contributed by atoms with van der Waals surface area (Å²) in [4.78, 5) is 35.0. The van der Waals surface area contributed by atoms with Crippen molar-refractivity contribution in [1.29, 1.82) is 0 Å². The lowest BCUT2D eigenvalue weighted by atomic mass is 9.78. The molecule has 0 fully saturated rings. The van der Waals surface area contributed by atoms with Crippen LogP contribution in [0, 0.1) is 0 Å². The van der Waals surface area contributed by atoms with E-state index in [4.69, 9.17) is 14.2 Å². The van der Waals surface area contributed by atoms with Crippen molar-refractivity contribution >= 4 is 17.9 Å². The van der Waals surface area contributed by atoms with E-state index in [-0.39, 0.29) is 0 Å². The molecule has 0 saturated heterocycles. The normalized spacial score (nSPS) is 12.3. The highest BCUT2D eigenvalue weighted by molar-refractivity contribution is 5.69. The molecule has 0 aliphatic heterocycles. The Balaban J connectivity index is 3.81. The fourth-order valence-electron chi connectivity index (χ4n) is 3.44. The molecule has 1 aromatic rings. The van der Waals surface area contributed by atoms with Crippen molar-refractivity contribution in [2.24, 2.45) is 0 Å². The molecule has 6 heteroatoms. The van der Waals surface area contributed by atoms with Gasteiger partial charge in [0.1, 0.15) is 16.8 Å². The summed E-state index contributed by atoms with van der Waals surface area (Å²) in [5, 5.41) is 0. The molecular weight excluding hydrogens is 348 g/mol. The standard InChI is InChI=1S/C21H30O6/c1-13(22)25-19(4,5)16-11-10-12-17(20(6,7)26-14(2)23)18(16)21(8,9)27-15(3)24/h10-12H,1-9H3. The van der Waals surface area contributed by atoms with Crippen LogP contribution in [0.2, 0.25) is 0 Å². The summed E-state index contributed by atoms with van der Waals surface area (Å²) in [5.41, 5.74) is -1.05.